The van der Waals surface area contributed by atoms with Crippen LogP contribution < -0.4 is 0 Å². The van der Waals surface area contributed by atoms with Crippen LogP contribution in [0.15, 0.2) is 30.4 Å². The van der Waals surface area contributed by atoms with E-state index < -0.39 is 11.9 Å². The van der Waals surface area contributed by atoms with Crippen LogP contribution in [0.3, 0.4) is 0 Å². The molecule has 5 nitrogen and oxygen atoms in total. The summed E-state index contributed by atoms with van der Waals surface area (Å²) in [5.74, 6) is -1.33. The second-order valence-electron chi connectivity index (χ2n) is 4.75. The number of rotatable bonds is 4. The van der Waals surface area contributed by atoms with Crippen molar-refractivity contribution < 1.29 is 19.4 Å². The SMILES string of the molecule is CC(=O)OOC(=O)Cc1c(Cl)cccc1CN1CC=CC1. The molecule has 1 heterocycles. The van der Waals surface area contributed by atoms with Gasteiger partial charge >= 0.3 is 11.9 Å². The van der Waals surface area contributed by atoms with E-state index >= 15 is 0 Å². The van der Waals surface area contributed by atoms with Crippen LogP contribution in [0.5, 0.6) is 0 Å². The fourth-order valence-corrected chi connectivity index (χ4v) is 2.38. The van der Waals surface area contributed by atoms with Gasteiger partial charge in [0.05, 0.1) is 6.42 Å². The van der Waals surface area contributed by atoms with E-state index in [4.69, 9.17) is 11.6 Å². The van der Waals surface area contributed by atoms with Crippen LogP contribution in [0.1, 0.15) is 18.1 Å². The Morgan fingerprint density at radius 1 is 1.24 bits per heavy atom. The first kappa shape index (κ1) is 15.5. The zero-order valence-corrected chi connectivity index (χ0v) is 12.4. The molecule has 0 unspecified atom stereocenters. The second kappa shape index (κ2) is 7.24. The van der Waals surface area contributed by atoms with E-state index in [-0.39, 0.29) is 6.42 Å². The lowest BCUT2D eigenvalue weighted by molar-refractivity contribution is -0.256. The van der Waals surface area contributed by atoms with E-state index in [9.17, 15) is 9.59 Å². The van der Waals surface area contributed by atoms with Gasteiger partial charge in [0.1, 0.15) is 0 Å². The summed E-state index contributed by atoms with van der Waals surface area (Å²) in [5, 5.41) is 0.499. The Balaban J connectivity index is 2.06. The van der Waals surface area contributed by atoms with Gasteiger partial charge < -0.3 is 0 Å². The van der Waals surface area contributed by atoms with Crippen molar-refractivity contribution in [2.24, 2.45) is 0 Å². The Morgan fingerprint density at radius 3 is 2.62 bits per heavy atom. The molecule has 6 heteroatoms. The molecule has 112 valence electrons. The van der Waals surface area contributed by atoms with Gasteiger partial charge in [0.15, 0.2) is 0 Å². The van der Waals surface area contributed by atoms with Crippen LogP contribution in [0.4, 0.5) is 0 Å². The summed E-state index contributed by atoms with van der Waals surface area (Å²) in [6.07, 6.45) is 4.15. The number of carbonyl (C=O) groups excluding carboxylic acids is 2. The fourth-order valence-electron chi connectivity index (χ4n) is 2.12. The minimum atomic E-state index is -0.675. The molecule has 0 atom stereocenters. The van der Waals surface area contributed by atoms with Crippen molar-refractivity contribution in [2.75, 3.05) is 13.1 Å². The lowest BCUT2D eigenvalue weighted by Gasteiger charge is -2.18. The van der Waals surface area contributed by atoms with Gasteiger partial charge in [0, 0.05) is 31.6 Å². The van der Waals surface area contributed by atoms with Crippen LogP contribution in [0.2, 0.25) is 5.02 Å². The predicted octanol–water partition coefficient (Wildman–Crippen LogP) is 2.28. The normalized spacial score (nSPS) is 14.2. The maximum atomic E-state index is 11.7. The van der Waals surface area contributed by atoms with Crippen molar-refractivity contribution >= 4 is 23.5 Å². The summed E-state index contributed by atoms with van der Waals surface area (Å²) < 4.78 is 0. The topological polar surface area (TPSA) is 55.8 Å². The lowest BCUT2D eigenvalue weighted by atomic mass is 10.0. The average molecular weight is 310 g/mol. The van der Waals surface area contributed by atoms with Crippen LogP contribution in [-0.2, 0) is 32.3 Å². The monoisotopic (exact) mass is 309 g/mol. The number of hydrogen-bond donors (Lipinski definition) is 0. The minimum Gasteiger partial charge on any atom is -0.292 e. The molecule has 0 fully saturated rings. The summed E-state index contributed by atoms with van der Waals surface area (Å²) in [6, 6.07) is 5.50. The van der Waals surface area contributed by atoms with Gasteiger partial charge in [0.2, 0.25) is 0 Å². The molecule has 1 aliphatic heterocycles. The van der Waals surface area contributed by atoms with E-state index in [2.05, 4.69) is 26.8 Å². The molecular formula is C15H16ClNO4. The number of benzene rings is 1. The highest BCUT2D eigenvalue weighted by molar-refractivity contribution is 6.31. The van der Waals surface area contributed by atoms with Crippen LogP contribution in [0.25, 0.3) is 0 Å². The molecule has 0 saturated heterocycles. The van der Waals surface area contributed by atoms with Crippen molar-refractivity contribution in [1.82, 2.24) is 4.90 Å². The molecule has 0 radical (unpaired) electrons. The zero-order valence-electron chi connectivity index (χ0n) is 11.7. The summed E-state index contributed by atoms with van der Waals surface area (Å²) in [5.41, 5.74) is 1.66. The van der Waals surface area contributed by atoms with E-state index in [1.807, 2.05) is 12.1 Å². The van der Waals surface area contributed by atoms with Gasteiger partial charge in [-0.05, 0) is 17.2 Å². The summed E-state index contributed by atoms with van der Waals surface area (Å²) in [7, 11) is 0. The number of halogens is 1. The molecule has 0 aliphatic carbocycles. The minimum absolute atomic E-state index is 0.0381. The van der Waals surface area contributed by atoms with Crippen molar-refractivity contribution in [3.63, 3.8) is 0 Å². The van der Waals surface area contributed by atoms with Crippen LogP contribution in [0, 0.1) is 0 Å². The molecular weight excluding hydrogens is 294 g/mol. The summed E-state index contributed by atoms with van der Waals surface area (Å²) in [4.78, 5) is 33.2. The van der Waals surface area contributed by atoms with Gasteiger partial charge in [-0.1, -0.05) is 35.9 Å². The number of carbonyl (C=O) groups is 2. The van der Waals surface area contributed by atoms with Gasteiger partial charge in [0.25, 0.3) is 0 Å². The van der Waals surface area contributed by atoms with E-state index in [0.717, 1.165) is 25.6 Å². The highest BCUT2D eigenvalue weighted by atomic mass is 35.5. The molecule has 1 aliphatic rings. The molecule has 21 heavy (non-hydrogen) atoms. The Kier molecular flexibility index (Phi) is 5.36. The molecule has 1 aromatic rings. The van der Waals surface area contributed by atoms with E-state index in [1.54, 1.807) is 6.07 Å². The maximum Gasteiger partial charge on any atom is 0.359 e. The predicted molar refractivity (Wildman–Crippen MR) is 77.4 cm³/mol. The van der Waals surface area contributed by atoms with Gasteiger partial charge in [-0.2, -0.15) is 0 Å². The van der Waals surface area contributed by atoms with Crippen molar-refractivity contribution in [3.05, 3.63) is 46.5 Å². The third-order valence-corrected chi connectivity index (χ3v) is 3.43. The molecule has 0 amide bonds. The standard InChI is InChI=1S/C15H16ClNO4/c1-11(18)20-21-15(19)9-13-12(5-4-6-14(13)16)10-17-7-2-3-8-17/h2-6H,7-10H2,1H3. The quantitative estimate of drug-likeness (QED) is 0.485. The highest BCUT2D eigenvalue weighted by Gasteiger charge is 2.17. The summed E-state index contributed by atoms with van der Waals surface area (Å²) >= 11 is 6.17. The Hall–Kier alpha value is -1.85. The smallest absolute Gasteiger partial charge is 0.292 e. The molecule has 0 aromatic heterocycles. The molecule has 0 N–H and O–H groups in total. The Labute approximate surface area is 128 Å². The van der Waals surface area contributed by atoms with Crippen molar-refractivity contribution in [1.29, 1.82) is 0 Å². The van der Waals surface area contributed by atoms with Crippen molar-refractivity contribution in [3.8, 4) is 0 Å². The van der Waals surface area contributed by atoms with Gasteiger partial charge in [-0.15, -0.1) is 0 Å². The average Bonchev–Trinajstić information content (AvgIpc) is 2.93. The number of nitrogens with zero attached hydrogens (tertiary/aromatic N) is 1. The molecule has 0 saturated carbocycles. The molecule has 0 bridgehead atoms. The first-order valence-corrected chi connectivity index (χ1v) is 6.95. The molecule has 0 spiro atoms. The molecule has 1 aromatic carbocycles. The summed E-state index contributed by atoms with van der Waals surface area (Å²) in [6.45, 7) is 3.62. The van der Waals surface area contributed by atoms with E-state index in [0.29, 0.717) is 17.1 Å². The van der Waals surface area contributed by atoms with E-state index in [1.165, 1.54) is 0 Å². The fraction of sp³-hybridized carbons (Fsp3) is 0.333. The Bertz CT molecular complexity index is 563. The Morgan fingerprint density at radius 2 is 1.95 bits per heavy atom. The second-order valence-corrected chi connectivity index (χ2v) is 5.16. The van der Waals surface area contributed by atoms with Gasteiger partial charge in [-0.3, -0.25) is 4.90 Å². The largest absolute Gasteiger partial charge is 0.359 e. The van der Waals surface area contributed by atoms with Crippen LogP contribution >= 0.6 is 11.6 Å². The molecule has 2 rings (SSSR count). The lowest BCUT2D eigenvalue weighted by Crippen LogP contribution is -2.21. The number of hydrogen-bond acceptors (Lipinski definition) is 5. The van der Waals surface area contributed by atoms with Crippen molar-refractivity contribution in [2.45, 2.75) is 19.9 Å². The van der Waals surface area contributed by atoms with Gasteiger partial charge in [-0.25, -0.2) is 19.4 Å². The zero-order chi connectivity index (χ0) is 15.2. The third-order valence-electron chi connectivity index (χ3n) is 3.08. The van der Waals surface area contributed by atoms with Crippen LogP contribution in [-0.4, -0.2) is 29.9 Å². The highest BCUT2D eigenvalue weighted by Crippen LogP contribution is 2.23. The first-order chi connectivity index (χ1) is 10.1. The third kappa shape index (κ3) is 4.58. The maximum absolute atomic E-state index is 11.7. The first-order valence-electron chi connectivity index (χ1n) is 6.58.